The summed E-state index contributed by atoms with van der Waals surface area (Å²) in [6.45, 7) is 0. The van der Waals surface area contributed by atoms with Gasteiger partial charge in [0.1, 0.15) is 0 Å². The highest BCUT2D eigenvalue weighted by Gasteiger charge is 2.11. The number of hydrogen-bond acceptors (Lipinski definition) is 3. The fraction of sp³-hybridized carbons (Fsp3) is 0.0714. The normalized spacial score (nSPS) is 10.8. The van der Waals surface area contributed by atoms with Crippen LogP contribution in [0.15, 0.2) is 42.5 Å². The van der Waals surface area contributed by atoms with Crippen LogP contribution in [0, 0.1) is 0 Å². The van der Waals surface area contributed by atoms with Gasteiger partial charge in [-0.05, 0) is 17.7 Å². The SMILES string of the molecule is NC(=O)c1nc2cccc(-c3ccc(CBr)cc3)n2n1. The molecule has 0 aliphatic carbocycles. The van der Waals surface area contributed by atoms with Crippen LogP contribution < -0.4 is 5.73 Å². The fourth-order valence-corrected chi connectivity index (χ4v) is 2.37. The van der Waals surface area contributed by atoms with Gasteiger partial charge in [0.2, 0.25) is 5.82 Å². The molecule has 0 bridgehead atoms. The lowest BCUT2D eigenvalue weighted by molar-refractivity contribution is 0.0990. The largest absolute Gasteiger partial charge is 0.363 e. The van der Waals surface area contributed by atoms with E-state index in [2.05, 4.69) is 26.0 Å². The average Bonchev–Trinajstić information content (AvgIpc) is 2.91. The van der Waals surface area contributed by atoms with Gasteiger partial charge in [0.15, 0.2) is 5.65 Å². The first-order chi connectivity index (χ1) is 9.69. The third-order valence-electron chi connectivity index (χ3n) is 2.98. The first-order valence-electron chi connectivity index (χ1n) is 6.00. The Labute approximate surface area is 123 Å². The fourth-order valence-electron chi connectivity index (χ4n) is 1.99. The minimum absolute atomic E-state index is 0.0227. The summed E-state index contributed by atoms with van der Waals surface area (Å²) in [6.07, 6.45) is 0. The first kappa shape index (κ1) is 12.8. The molecule has 2 heterocycles. The van der Waals surface area contributed by atoms with Crippen LogP contribution in [0.1, 0.15) is 16.2 Å². The van der Waals surface area contributed by atoms with Crippen molar-refractivity contribution in [2.24, 2.45) is 5.73 Å². The monoisotopic (exact) mass is 330 g/mol. The Morgan fingerprint density at radius 1 is 1.20 bits per heavy atom. The van der Waals surface area contributed by atoms with Crippen molar-refractivity contribution in [3.8, 4) is 11.3 Å². The van der Waals surface area contributed by atoms with Crippen molar-refractivity contribution in [1.82, 2.24) is 14.6 Å². The number of primary amides is 1. The van der Waals surface area contributed by atoms with E-state index in [-0.39, 0.29) is 5.82 Å². The van der Waals surface area contributed by atoms with Gasteiger partial charge in [-0.2, -0.15) is 0 Å². The van der Waals surface area contributed by atoms with E-state index >= 15 is 0 Å². The van der Waals surface area contributed by atoms with Crippen molar-refractivity contribution in [3.05, 3.63) is 53.9 Å². The van der Waals surface area contributed by atoms with E-state index in [0.717, 1.165) is 16.6 Å². The van der Waals surface area contributed by atoms with E-state index in [1.165, 1.54) is 5.56 Å². The molecule has 0 radical (unpaired) electrons. The Bertz CT molecular complexity index is 779. The number of aromatic nitrogens is 3. The molecule has 0 saturated heterocycles. The molecule has 2 aromatic heterocycles. The maximum atomic E-state index is 11.2. The van der Waals surface area contributed by atoms with Crippen LogP contribution in [0.4, 0.5) is 0 Å². The van der Waals surface area contributed by atoms with Crippen LogP contribution >= 0.6 is 15.9 Å². The minimum atomic E-state index is -0.630. The van der Waals surface area contributed by atoms with E-state index < -0.39 is 5.91 Å². The number of alkyl halides is 1. The van der Waals surface area contributed by atoms with Gasteiger partial charge in [-0.15, -0.1) is 5.10 Å². The number of amides is 1. The summed E-state index contributed by atoms with van der Waals surface area (Å²) in [5.41, 5.74) is 8.88. The molecule has 20 heavy (non-hydrogen) atoms. The summed E-state index contributed by atoms with van der Waals surface area (Å²) in [5, 5.41) is 4.97. The third-order valence-corrected chi connectivity index (χ3v) is 3.63. The summed E-state index contributed by atoms with van der Waals surface area (Å²) in [6, 6.07) is 13.7. The van der Waals surface area contributed by atoms with Gasteiger partial charge in [0, 0.05) is 10.9 Å². The molecule has 0 aliphatic heterocycles. The number of fused-ring (bicyclic) bond motifs is 1. The van der Waals surface area contributed by atoms with E-state index in [1.54, 1.807) is 10.6 Å². The molecule has 1 aromatic carbocycles. The molecule has 5 nitrogen and oxygen atoms in total. The van der Waals surface area contributed by atoms with Crippen molar-refractivity contribution < 1.29 is 4.79 Å². The second-order valence-corrected chi connectivity index (χ2v) is 4.87. The van der Waals surface area contributed by atoms with E-state index in [1.807, 2.05) is 36.4 Å². The summed E-state index contributed by atoms with van der Waals surface area (Å²) >= 11 is 3.42. The highest BCUT2D eigenvalue weighted by Crippen LogP contribution is 2.21. The molecule has 0 spiro atoms. The first-order valence-corrected chi connectivity index (χ1v) is 7.12. The summed E-state index contributed by atoms with van der Waals surface area (Å²) in [7, 11) is 0. The van der Waals surface area contributed by atoms with Crippen LogP contribution in [0.25, 0.3) is 16.9 Å². The maximum absolute atomic E-state index is 11.2. The molecule has 0 unspecified atom stereocenters. The number of carbonyl (C=O) groups excluding carboxylic acids is 1. The molecule has 3 rings (SSSR count). The van der Waals surface area contributed by atoms with Crippen molar-refractivity contribution in [1.29, 1.82) is 0 Å². The highest BCUT2D eigenvalue weighted by atomic mass is 79.9. The molecule has 0 saturated carbocycles. The van der Waals surface area contributed by atoms with Gasteiger partial charge in [-0.25, -0.2) is 9.50 Å². The molecule has 100 valence electrons. The van der Waals surface area contributed by atoms with Crippen molar-refractivity contribution in [3.63, 3.8) is 0 Å². The third kappa shape index (κ3) is 2.18. The maximum Gasteiger partial charge on any atom is 0.288 e. The summed E-state index contributed by atoms with van der Waals surface area (Å²) in [5.74, 6) is -0.608. The average molecular weight is 331 g/mol. The van der Waals surface area contributed by atoms with Gasteiger partial charge in [0.25, 0.3) is 5.91 Å². The Hall–Kier alpha value is -2.21. The molecule has 0 fully saturated rings. The van der Waals surface area contributed by atoms with E-state index in [4.69, 9.17) is 5.73 Å². The number of nitrogens with zero attached hydrogens (tertiary/aromatic N) is 3. The number of nitrogens with two attached hydrogens (primary N) is 1. The van der Waals surface area contributed by atoms with Crippen LogP contribution in [0.5, 0.6) is 0 Å². The molecule has 0 aliphatic rings. The molecular weight excluding hydrogens is 320 g/mol. The minimum Gasteiger partial charge on any atom is -0.363 e. The Morgan fingerprint density at radius 2 is 1.95 bits per heavy atom. The number of carbonyl (C=O) groups is 1. The van der Waals surface area contributed by atoms with Crippen LogP contribution in [0.3, 0.4) is 0 Å². The predicted molar refractivity (Wildman–Crippen MR) is 79.6 cm³/mol. The van der Waals surface area contributed by atoms with Gasteiger partial charge >= 0.3 is 0 Å². The standard InChI is InChI=1S/C14H11BrN4O/c15-8-9-4-6-10(7-5-9)11-2-1-3-12-17-14(13(16)20)18-19(11)12/h1-7H,8H2,(H2,16,20). The quantitative estimate of drug-likeness (QED) is 0.749. The van der Waals surface area contributed by atoms with E-state index in [0.29, 0.717) is 5.65 Å². The van der Waals surface area contributed by atoms with Gasteiger partial charge in [-0.1, -0.05) is 46.3 Å². The number of hydrogen-bond donors (Lipinski definition) is 1. The lowest BCUT2D eigenvalue weighted by atomic mass is 10.1. The lowest BCUT2D eigenvalue weighted by Gasteiger charge is -2.04. The van der Waals surface area contributed by atoms with Crippen LogP contribution in [-0.2, 0) is 5.33 Å². The molecule has 2 N–H and O–H groups in total. The topological polar surface area (TPSA) is 73.3 Å². The molecular formula is C14H11BrN4O. The number of benzene rings is 1. The van der Waals surface area contributed by atoms with Gasteiger partial charge < -0.3 is 5.73 Å². The van der Waals surface area contributed by atoms with Crippen LogP contribution in [0.2, 0.25) is 0 Å². The van der Waals surface area contributed by atoms with Crippen LogP contribution in [-0.4, -0.2) is 20.5 Å². The molecule has 0 atom stereocenters. The summed E-state index contributed by atoms with van der Waals surface area (Å²) in [4.78, 5) is 15.3. The number of halogens is 1. The molecule has 6 heteroatoms. The predicted octanol–water partition coefficient (Wildman–Crippen LogP) is 2.39. The zero-order valence-electron chi connectivity index (χ0n) is 10.5. The second-order valence-electron chi connectivity index (χ2n) is 4.31. The lowest BCUT2D eigenvalue weighted by Crippen LogP contribution is -2.13. The smallest absolute Gasteiger partial charge is 0.288 e. The zero-order chi connectivity index (χ0) is 14.1. The summed E-state index contributed by atoms with van der Waals surface area (Å²) < 4.78 is 1.63. The molecule has 3 aromatic rings. The number of pyridine rings is 1. The number of rotatable bonds is 3. The zero-order valence-corrected chi connectivity index (χ0v) is 12.0. The van der Waals surface area contributed by atoms with Crippen molar-refractivity contribution in [2.45, 2.75) is 5.33 Å². The molecule has 1 amide bonds. The highest BCUT2D eigenvalue weighted by molar-refractivity contribution is 9.08. The van der Waals surface area contributed by atoms with Gasteiger partial charge in [0.05, 0.1) is 5.69 Å². The Morgan fingerprint density at radius 3 is 2.60 bits per heavy atom. The van der Waals surface area contributed by atoms with E-state index in [9.17, 15) is 4.79 Å². The second kappa shape index (κ2) is 5.05. The Kier molecular flexibility index (Phi) is 3.23. The van der Waals surface area contributed by atoms with Crippen molar-refractivity contribution >= 4 is 27.5 Å². The van der Waals surface area contributed by atoms with Crippen molar-refractivity contribution in [2.75, 3.05) is 0 Å². The Balaban J connectivity index is 2.16. The van der Waals surface area contributed by atoms with Gasteiger partial charge in [-0.3, -0.25) is 4.79 Å².